The predicted molar refractivity (Wildman–Crippen MR) is 91.7 cm³/mol. The van der Waals surface area contributed by atoms with Gasteiger partial charge in [0.2, 0.25) is 0 Å². The van der Waals surface area contributed by atoms with Crippen LogP contribution in [0.25, 0.3) is 0 Å². The van der Waals surface area contributed by atoms with Crippen LogP contribution in [0.1, 0.15) is 56.7 Å². The van der Waals surface area contributed by atoms with E-state index in [0.717, 1.165) is 25.4 Å². The molecule has 0 radical (unpaired) electrons. The topological polar surface area (TPSA) is 15.3 Å². The van der Waals surface area contributed by atoms with Crippen LogP contribution < -0.4 is 5.32 Å². The molecule has 2 rings (SSSR count). The highest BCUT2D eigenvalue weighted by Crippen LogP contribution is 2.27. The van der Waals surface area contributed by atoms with E-state index in [1.807, 2.05) is 0 Å². The Morgan fingerprint density at radius 2 is 1.90 bits per heavy atom. The first-order chi connectivity index (χ1) is 10.2. The molecule has 0 heterocycles. The van der Waals surface area contributed by atoms with Crippen LogP contribution in [0.4, 0.5) is 0 Å². The summed E-state index contributed by atoms with van der Waals surface area (Å²) >= 11 is 0. The number of hydrogen-bond donors (Lipinski definition) is 1. The van der Waals surface area contributed by atoms with Crippen molar-refractivity contribution in [2.75, 3.05) is 26.7 Å². The van der Waals surface area contributed by atoms with E-state index in [-0.39, 0.29) is 0 Å². The molecule has 2 heteroatoms. The highest BCUT2D eigenvalue weighted by atomic mass is 15.1. The van der Waals surface area contributed by atoms with Crippen LogP contribution in [0.2, 0.25) is 0 Å². The summed E-state index contributed by atoms with van der Waals surface area (Å²) in [6, 6.07) is 9.64. The Labute approximate surface area is 130 Å². The first-order valence-corrected chi connectivity index (χ1v) is 8.73. The third-order valence-electron chi connectivity index (χ3n) is 4.72. The molecule has 2 nitrogen and oxygen atoms in total. The molecule has 1 aromatic rings. The summed E-state index contributed by atoms with van der Waals surface area (Å²) < 4.78 is 0. The summed E-state index contributed by atoms with van der Waals surface area (Å²) in [6.07, 6.45) is 6.62. The van der Waals surface area contributed by atoms with Gasteiger partial charge in [-0.15, -0.1) is 0 Å². The van der Waals surface area contributed by atoms with E-state index in [0.29, 0.717) is 6.04 Å². The molecule has 0 saturated heterocycles. The molecule has 1 N–H and O–H groups in total. The fraction of sp³-hybridized carbons (Fsp3) is 0.684. The van der Waals surface area contributed by atoms with Crippen molar-refractivity contribution in [2.45, 2.75) is 52.0 Å². The van der Waals surface area contributed by atoms with Crippen LogP contribution in [-0.4, -0.2) is 31.6 Å². The maximum atomic E-state index is 3.72. The zero-order valence-electron chi connectivity index (χ0n) is 14.1. The van der Waals surface area contributed by atoms with Crippen LogP contribution in [-0.2, 0) is 6.42 Å². The van der Waals surface area contributed by atoms with Gasteiger partial charge in [-0.1, -0.05) is 44.5 Å². The lowest BCUT2D eigenvalue weighted by Crippen LogP contribution is -2.37. The number of hydrogen-bond acceptors (Lipinski definition) is 2. The van der Waals surface area contributed by atoms with Crippen molar-refractivity contribution in [3.8, 4) is 0 Å². The molecule has 1 atom stereocenters. The third-order valence-corrected chi connectivity index (χ3v) is 4.72. The van der Waals surface area contributed by atoms with Gasteiger partial charge in [0.05, 0.1) is 0 Å². The Morgan fingerprint density at radius 3 is 2.43 bits per heavy atom. The van der Waals surface area contributed by atoms with E-state index in [1.54, 1.807) is 0 Å². The van der Waals surface area contributed by atoms with Crippen LogP contribution in [0, 0.1) is 5.92 Å². The van der Waals surface area contributed by atoms with Gasteiger partial charge in [0.25, 0.3) is 0 Å². The van der Waals surface area contributed by atoms with E-state index in [9.17, 15) is 0 Å². The summed E-state index contributed by atoms with van der Waals surface area (Å²) in [5, 5.41) is 3.72. The summed E-state index contributed by atoms with van der Waals surface area (Å²) in [6.45, 7) is 7.92. The monoisotopic (exact) mass is 288 g/mol. The van der Waals surface area contributed by atoms with Gasteiger partial charge in [0.1, 0.15) is 0 Å². The summed E-state index contributed by atoms with van der Waals surface area (Å²) in [4.78, 5) is 2.52. The quantitative estimate of drug-likeness (QED) is 0.738. The Bertz CT molecular complexity index is 395. The fourth-order valence-corrected chi connectivity index (χ4v) is 3.09. The zero-order valence-corrected chi connectivity index (χ0v) is 14.1. The van der Waals surface area contributed by atoms with Gasteiger partial charge in [0.15, 0.2) is 0 Å². The molecule has 0 amide bonds. The van der Waals surface area contributed by atoms with Crippen molar-refractivity contribution < 1.29 is 0 Å². The third kappa shape index (κ3) is 5.12. The molecular formula is C19H32N2. The van der Waals surface area contributed by atoms with E-state index >= 15 is 0 Å². The lowest BCUT2D eigenvalue weighted by atomic mass is 9.85. The van der Waals surface area contributed by atoms with Gasteiger partial charge in [-0.2, -0.15) is 0 Å². The second kappa shape index (κ2) is 8.55. The molecule has 1 aliphatic rings. The van der Waals surface area contributed by atoms with Gasteiger partial charge in [-0.05, 0) is 56.3 Å². The number of likely N-dealkylation sites (N-methyl/N-ethyl adjacent to an activating group) is 1. The minimum absolute atomic E-state index is 0.459. The minimum atomic E-state index is 0.459. The molecule has 0 aromatic heterocycles. The summed E-state index contributed by atoms with van der Waals surface area (Å²) in [5.74, 6) is 0.948. The number of nitrogens with one attached hydrogen (secondary N) is 1. The second-order valence-corrected chi connectivity index (χ2v) is 6.62. The first-order valence-electron chi connectivity index (χ1n) is 8.73. The highest BCUT2D eigenvalue weighted by Gasteiger charge is 2.21. The van der Waals surface area contributed by atoms with Crippen molar-refractivity contribution in [2.24, 2.45) is 5.92 Å². The average molecular weight is 288 g/mol. The highest BCUT2D eigenvalue weighted by molar-refractivity contribution is 5.25. The standard InChI is InChI=1S/C19H32N2/c1-4-13-20-19(15-21(3)14-17-7-6-8-17)18-11-9-16(5-2)10-12-18/h9-12,17,19-20H,4-8,13-15H2,1-3H3. The molecule has 1 unspecified atom stereocenters. The van der Waals surface area contributed by atoms with Crippen molar-refractivity contribution in [3.63, 3.8) is 0 Å². The Hall–Kier alpha value is -0.860. The Morgan fingerprint density at radius 1 is 1.19 bits per heavy atom. The summed E-state index contributed by atoms with van der Waals surface area (Å²) in [7, 11) is 2.28. The lowest BCUT2D eigenvalue weighted by molar-refractivity contribution is 0.191. The average Bonchev–Trinajstić information content (AvgIpc) is 2.47. The number of benzene rings is 1. The number of nitrogens with zero attached hydrogens (tertiary/aromatic N) is 1. The molecule has 0 bridgehead atoms. The SMILES string of the molecule is CCCNC(CN(C)CC1CCC1)c1ccc(CC)cc1. The molecule has 1 aliphatic carbocycles. The molecule has 0 aliphatic heterocycles. The molecule has 1 aromatic carbocycles. The van der Waals surface area contributed by atoms with Gasteiger partial charge in [0, 0.05) is 19.1 Å². The predicted octanol–water partition coefficient (Wildman–Crippen LogP) is 4.02. The lowest BCUT2D eigenvalue weighted by Gasteiger charge is -2.32. The fourth-order valence-electron chi connectivity index (χ4n) is 3.09. The van der Waals surface area contributed by atoms with E-state index in [1.165, 1.54) is 43.4 Å². The van der Waals surface area contributed by atoms with Gasteiger partial charge in [-0.25, -0.2) is 0 Å². The van der Waals surface area contributed by atoms with Crippen molar-refractivity contribution >= 4 is 0 Å². The van der Waals surface area contributed by atoms with Crippen LogP contribution in [0.3, 0.4) is 0 Å². The Kier molecular flexibility index (Phi) is 6.72. The number of rotatable bonds is 9. The van der Waals surface area contributed by atoms with Crippen molar-refractivity contribution in [1.82, 2.24) is 10.2 Å². The molecule has 1 fully saturated rings. The van der Waals surface area contributed by atoms with E-state index < -0.39 is 0 Å². The van der Waals surface area contributed by atoms with Gasteiger partial charge in [-0.3, -0.25) is 0 Å². The maximum absolute atomic E-state index is 3.72. The molecular weight excluding hydrogens is 256 g/mol. The number of aryl methyl sites for hydroxylation is 1. The minimum Gasteiger partial charge on any atom is -0.309 e. The van der Waals surface area contributed by atoms with E-state index in [2.05, 4.69) is 55.4 Å². The van der Waals surface area contributed by atoms with Crippen LogP contribution in [0.15, 0.2) is 24.3 Å². The smallest absolute Gasteiger partial charge is 0.0449 e. The van der Waals surface area contributed by atoms with Crippen molar-refractivity contribution in [3.05, 3.63) is 35.4 Å². The zero-order chi connectivity index (χ0) is 15.1. The van der Waals surface area contributed by atoms with Gasteiger partial charge < -0.3 is 10.2 Å². The van der Waals surface area contributed by atoms with Crippen molar-refractivity contribution in [1.29, 1.82) is 0 Å². The molecule has 118 valence electrons. The van der Waals surface area contributed by atoms with Crippen LogP contribution in [0.5, 0.6) is 0 Å². The Balaban J connectivity index is 1.94. The second-order valence-electron chi connectivity index (χ2n) is 6.62. The summed E-state index contributed by atoms with van der Waals surface area (Å²) in [5.41, 5.74) is 2.86. The first kappa shape index (κ1) is 16.5. The molecule has 0 spiro atoms. The van der Waals surface area contributed by atoms with Gasteiger partial charge >= 0.3 is 0 Å². The largest absolute Gasteiger partial charge is 0.309 e. The van der Waals surface area contributed by atoms with E-state index in [4.69, 9.17) is 0 Å². The normalized spacial score (nSPS) is 17.0. The molecule has 1 saturated carbocycles. The maximum Gasteiger partial charge on any atom is 0.0449 e. The molecule has 21 heavy (non-hydrogen) atoms. The van der Waals surface area contributed by atoms with Crippen LogP contribution >= 0.6 is 0 Å².